The zero-order chi connectivity index (χ0) is 33.2. The SMILES string of the molecule is Cc1nc(C)c([C@H](OC(C)(C)C)C(=O)O)c(N2CCC(C)(C)CC2)c1-c1ccc(CNS(=O)(=O)CCc2ccc(F)cc2)cc1. The van der Waals surface area contributed by atoms with Crippen molar-refractivity contribution < 1.29 is 27.4 Å². The van der Waals surface area contributed by atoms with Gasteiger partial charge < -0.3 is 14.7 Å². The highest BCUT2D eigenvalue weighted by atomic mass is 32.2. The number of benzene rings is 2. The number of carboxylic acids is 1. The molecule has 244 valence electrons. The van der Waals surface area contributed by atoms with Crippen LogP contribution in [0.25, 0.3) is 11.1 Å². The molecule has 3 aromatic rings. The predicted molar refractivity (Wildman–Crippen MR) is 176 cm³/mol. The van der Waals surface area contributed by atoms with Gasteiger partial charge in [-0.15, -0.1) is 0 Å². The highest BCUT2D eigenvalue weighted by molar-refractivity contribution is 7.89. The number of aryl methyl sites for hydroxylation is 3. The van der Waals surface area contributed by atoms with Gasteiger partial charge in [0.2, 0.25) is 10.0 Å². The number of hydrogen-bond donors (Lipinski definition) is 2. The fourth-order valence-electron chi connectivity index (χ4n) is 5.71. The van der Waals surface area contributed by atoms with Gasteiger partial charge in [-0.05, 0) is 88.1 Å². The quantitative estimate of drug-likeness (QED) is 0.239. The van der Waals surface area contributed by atoms with E-state index in [1.165, 1.54) is 12.1 Å². The number of pyridine rings is 1. The fraction of sp³-hybridized carbons (Fsp3) is 0.486. The van der Waals surface area contributed by atoms with Crippen LogP contribution in [-0.4, -0.2) is 48.9 Å². The van der Waals surface area contributed by atoms with Crippen LogP contribution in [0.15, 0.2) is 48.5 Å². The Hall–Kier alpha value is -3.34. The molecule has 0 spiro atoms. The van der Waals surface area contributed by atoms with Gasteiger partial charge in [-0.2, -0.15) is 0 Å². The predicted octanol–water partition coefficient (Wildman–Crippen LogP) is 6.73. The zero-order valence-electron chi connectivity index (χ0n) is 27.4. The number of nitrogens with one attached hydrogen (secondary N) is 1. The first kappa shape index (κ1) is 34.5. The van der Waals surface area contributed by atoms with Gasteiger partial charge in [0.1, 0.15) is 5.82 Å². The number of carboxylic acid groups (broad SMARTS) is 1. The van der Waals surface area contributed by atoms with Crippen LogP contribution >= 0.6 is 0 Å². The number of nitrogens with zero attached hydrogens (tertiary/aromatic N) is 2. The molecule has 0 bridgehead atoms. The van der Waals surface area contributed by atoms with Gasteiger partial charge in [0.25, 0.3) is 0 Å². The summed E-state index contributed by atoms with van der Waals surface area (Å²) in [5, 5.41) is 10.4. The molecule has 1 aliphatic rings. The van der Waals surface area contributed by atoms with Gasteiger partial charge in [0, 0.05) is 42.1 Å². The minimum Gasteiger partial charge on any atom is -0.479 e. The summed E-state index contributed by atoms with van der Waals surface area (Å²) in [6.07, 6.45) is 1.00. The Morgan fingerprint density at radius 2 is 1.60 bits per heavy atom. The lowest BCUT2D eigenvalue weighted by Gasteiger charge is -2.41. The molecule has 1 saturated heterocycles. The van der Waals surface area contributed by atoms with E-state index >= 15 is 0 Å². The highest BCUT2D eigenvalue weighted by Crippen LogP contribution is 2.44. The highest BCUT2D eigenvalue weighted by Gasteiger charge is 2.36. The van der Waals surface area contributed by atoms with Crippen LogP contribution in [0, 0.1) is 25.1 Å². The second-order valence-electron chi connectivity index (χ2n) is 13.7. The van der Waals surface area contributed by atoms with Gasteiger partial charge in [-0.25, -0.2) is 22.3 Å². The molecule has 8 nitrogen and oxygen atoms in total. The molecule has 2 aromatic carbocycles. The van der Waals surface area contributed by atoms with Crippen molar-refractivity contribution in [2.24, 2.45) is 5.41 Å². The number of aromatic nitrogens is 1. The monoisotopic (exact) mass is 639 g/mol. The molecule has 1 aliphatic heterocycles. The van der Waals surface area contributed by atoms with Crippen molar-refractivity contribution in [2.75, 3.05) is 23.7 Å². The number of halogens is 1. The summed E-state index contributed by atoms with van der Waals surface area (Å²) in [6, 6.07) is 13.4. The van der Waals surface area contributed by atoms with Gasteiger partial charge >= 0.3 is 5.97 Å². The first-order valence-electron chi connectivity index (χ1n) is 15.4. The number of rotatable bonds is 11. The maximum absolute atomic E-state index is 13.2. The molecule has 0 amide bonds. The summed E-state index contributed by atoms with van der Waals surface area (Å²) >= 11 is 0. The van der Waals surface area contributed by atoms with Gasteiger partial charge in [0.15, 0.2) is 6.10 Å². The fourth-order valence-corrected chi connectivity index (χ4v) is 6.75. The van der Waals surface area contributed by atoms with E-state index in [1.807, 2.05) is 58.9 Å². The third-order valence-corrected chi connectivity index (χ3v) is 9.61. The first-order chi connectivity index (χ1) is 20.9. The molecule has 0 unspecified atom stereocenters. The van der Waals surface area contributed by atoms with E-state index < -0.39 is 27.7 Å². The molecule has 1 fully saturated rings. The number of ether oxygens (including phenoxy) is 1. The van der Waals surface area contributed by atoms with Crippen molar-refractivity contribution in [3.63, 3.8) is 0 Å². The van der Waals surface area contributed by atoms with Crippen molar-refractivity contribution in [3.05, 3.63) is 82.4 Å². The van der Waals surface area contributed by atoms with E-state index in [2.05, 4.69) is 23.5 Å². The number of piperidine rings is 1. The second kappa shape index (κ2) is 13.6. The maximum atomic E-state index is 13.2. The summed E-state index contributed by atoms with van der Waals surface area (Å²) in [6.45, 7) is 15.5. The van der Waals surface area contributed by atoms with Crippen molar-refractivity contribution in [2.45, 2.75) is 86.0 Å². The third kappa shape index (κ3) is 9.11. The number of sulfonamides is 1. The van der Waals surface area contributed by atoms with Crippen LogP contribution in [0.2, 0.25) is 0 Å². The van der Waals surface area contributed by atoms with Gasteiger partial charge in [-0.1, -0.05) is 50.2 Å². The molecule has 1 atom stereocenters. The third-order valence-electron chi connectivity index (χ3n) is 8.28. The molecule has 2 N–H and O–H groups in total. The molecule has 45 heavy (non-hydrogen) atoms. The van der Waals surface area contributed by atoms with Crippen molar-refractivity contribution in [3.8, 4) is 11.1 Å². The molecule has 0 aliphatic carbocycles. The zero-order valence-corrected chi connectivity index (χ0v) is 28.2. The lowest BCUT2D eigenvalue weighted by molar-refractivity contribution is -0.160. The Morgan fingerprint density at radius 3 is 2.16 bits per heavy atom. The summed E-state index contributed by atoms with van der Waals surface area (Å²) in [5.41, 5.74) is 5.55. The van der Waals surface area contributed by atoms with Crippen LogP contribution in [0.5, 0.6) is 0 Å². The molecule has 4 rings (SSSR count). The minimum absolute atomic E-state index is 0.106. The van der Waals surface area contributed by atoms with E-state index in [0.29, 0.717) is 11.3 Å². The Balaban J connectivity index is 1.65. The largest absolute Gasteiger partial charge is 0.479 e. The van der Waals surface area contributed by atoms with Crippen LogP contribution < -0.4 is 9.62 Å². The molecule has 2 heterocycles. The van der Waals surface area contributed by atoms with Crippen molar-refractivity contribution in [1.29, 1.82) is 0 Å². The van der Waals surface area contributed by atoms with Gasteiger partial charge in [0.05, 0.1) is 17.0 Å². The molecule has 1 aromatic heterocycles. The maximum Gasteiger partial charge on any atom is 0.337 e. The molecule has 10 heteroatoms. The standard InChI is InChI=1S/C35H46FN3O5S/c1-23-29(27-12-8-26(9-13-27)22-37-45(42,43)21-16-25-10-14-28(36)15-11-25)31(39-19-17-35(6,7)18-20-39)30(24(2)38-23)32(33(40)41)44-34(3,4)5/h8-15,32,37H,16-22H2,1-7H3,(H,40,41)/t32-/m0/s1. The summed E-state index contributed by atoms with van der Waals surface area (Å²) < 4.78 is 47.3. The number of aliphatic carboxylic acids is 1. The van der Waals surface area contributed by atoms with E-state index in [1.54, 1.807) is 12.1 Å². The summed E-state index contributed by atoms with van der Waals surface area (Å²) in [5.74, 6) is -1.53. The second-order valence-corrected chi connectivity index (χ2v) is 15.7. The van der Waals surface area contributed by atoms with Crippen LogP contribution in [-0.2, 0) is 32.5 Å². The average molecular weight is 640 g/mol. The van der Waals surface area contributed by atoms with Crippen LogP contribution in [0.1, 0.15) is 81.6 Å². The van der Waals surface area contributed by atoms with E-state index in [0.717, 1.165) is 59.6 Å². The smallest absolute Gasteiger partial charge is 0.337 e. The number of carbonyl (C=O) groups is 1. The molecule has 0 saturated carbocycles. The molecular formula is C35H46FN3O5S. The normalized spacial score (nSPS) is 16.0. The average Bonchev–Trinajstić information content (AvgIpc) is 2.94. The van der Waals surface area contributed by atoms with Gasteiger partial charge in [-0.3, -0.25) is 4.98 Å². The lowest BCUT2D eigenvalue weighted by atomic mass is 9.81. The van der Waals surface area contributed by atoms with Crippen molar-refractivity contribution >= 4 is 21.7 Å². The van der Waals surface area contributed by atoms with Crippen LogP contribution in [0.4, 0.5) is 10.1 Å². The molecular weight excluding hydrogens is 593 g/mol. The van der Waals surface area contributed by atoms with Crippen LogP contribution in [0.3, 0.4) is 0 Å². The summed E-state index contributed by atoms with van der Waals surface area (Å²) in [7, 11) is -3.56. The topological polar surface area (TPSA) is 109 Å². The number of anilines is 1. The Bertz CT molecular complexity index is 1600. The molecule has 0 radical (unpaired) electrons. The Labute approximate surface area is 267 Å². The lowest BCUT2D eigenvalue weighted by Crippen LogP contribution is -2.39. The van der Waals surface area contributed by atoms with E-state index in [-0.39, 0.29) is 30.0 Å². The summed E-state index contributed by atoms with van der Waals surface area (Å²) in [4.78, 5) is 19.8. The minimum atomic E-state index is -3.56. The Morgan fingerprint density at radius 1 is 1.02 bits per heavy atom. The Kier molecular flexibility index (Phi) is 10.4. The van der Waals surface area contributed by atoms with E-state index in [9.17, 15) is 22.7 Å². The number of hydrogen-bond acceptors (Lipinski definition) is 6. The van der Waals surface area contributed by atoms with E-state index in [4.69, 9.17) is 9.72 Å². The van der Waals surface area contributed by atoms with Crippen molar-refractivity contribution in [1.82, 2.24) is 9.71 Å². The first-order valence-corrected chi connectivity index (χ1v) is 17.1.